The lowest BCUT2D eigenvalue weighted by Gasteiger charge is -2.45. The first-order valence-corrected chi connectivity index (χ1v) is 17.3. The Morgan fingerprint density at radius 3 is 2.16 bits per heavy atom. The zero-order chi connectivity index (χ0) is 31.0. The van der Waals surface area contributed by atoms with E-state index in [4.69, 9.17) is 0 Å². The first-order chi connectivity index (χ1) is 20.7. The van der Waals surface area contributed by atoms with E-state index in [1.165, 1.54) is 83.5 Å². The Kier molecular flexibility index (Phi) is 5.71. The van der Waals surface area contributed by atoms with Crippen LogP contribution >= 0.6 is 11.3 Å². The maximum Gasteiger partial charge on any atom is 0.260 e. The van der Waals surface area contributed by atoms with E-state index in [0.29, 0.717) is 0 Å². The van der Waals surface area contributed by atoms with Crippen LogP contribution in [-0.4, -0.2) is 6.71 Å². The highest BCUT2D eigenvalue weighted by atomic mass is 32.1. The van der Waals surface area contributed by atoms with E-state index in [1.54, 1.807) is 0 Å². The van der Waals surface area contributed by atoms with Gasteiger partial charge in [-0.1, -0.05) is 116 Å². The molecule has 0 N–H and O–H groups in total. The quantitative estimate of drug-likeness (QED) is 0.172. The zero-order valence-electron chi connectivity index (χ0n) is 27.9. The smallest absolute Gasteiger partial charge is 0.260 e. The van der Waals surface area contributed by atoms with Gasteiger partial charge in [-0.05, 0) is 92.7 Å². The van der Waals surface area contributed by atoms with Crippen molar-refractivity contribution in [2.75, 3.05) is 4.90 Å². The van der Waals surface area contributed by atoms with Crippen molar-refractivity contribution in [2.45, 2.75) is 96.8 Å². The van der Waals surface area contributed by atoms with Crippen LogP contribution < -0.4 is 20.6 Å². The SMILES string of the molecule is CC(C)(C)c1ccc2sc3c(c2c1)N(c1ccc2c(c1)C(C)(C)CCC2(C)C)c1cccc2c1B3c1ccccc1C2(C)C. The van der Waals surface area contributed by atoms with Crippen LogP contribution in [0.15, 0.2) is 78.9 Å². The van der Waals surface area contributed by atoms with Crippen molar-refractivity contribution in [1.82, 2.24) is 0 Å². The van der Waals surface area contributed by atoms with Crippen molar-refractivity contribution < 1.29 is 0 Å². The van der Waals surface area contributed by atoms with Crippen LogP contribution in [0.4, 0.5) is 17.1 Å². The molecule has 8 rings (SSSR count). The Bertz CT molecular complexity index is 2000. The van der Waals surface area contributed by atoms with Gasteiger partial charge in [0.2, 0.25) is 0 Å². The Morgan fingerprint density at radius 1 is 0.705 bits per heavy atom. The lowest BCUT2D eigenvalue weighted by molar-refractivity contribution is 0.332. The normalized spacial score (nSPS) is 18.8. The molecule has 222 valence electrons. The van der Waals surface area contributed by atoms with Crippen LogP contribution in [-0.2, 0) is 21.7 Å². The van der Waals surface area contributed by atoms with Crippen LogP contribution in [0.3, 0.4) is 0 Å². The molecule has 0 saturated carbocycles. The molecule has 4 aromatic carbocycles. The van der Waals surface area contributed by atoms with Gasteiger partial charge in [0.05, 0.1) is 5.69 Å². The van der Waals surface area contributed by atoms with E-state index < -0.39 is 0 Å². The number of benzene rings is 4. The third kappa shape index (κ3) is 3.78. The summed E-state index contributed by atoms with van der Waals surface area (Å²) in [5, 5.41) is 1.38. The number of thiophene rings is 1. The van der Waals surface area contributed by atoms with Gasteiger partial charge in [0.1, 0.15) is 0 Å². The molecule has 0 atom stereocenters. The summed E-state index contributed by atoms with van der Waals surface area (Å²) < 4.78 is 2.86. The summed E-state index contributed by atoms with van der Waals surface area (Å²) in [7, 11) is 0. The number of rotatable bonds is 1. The summed E-state index contributed by atoms with van der Waals surface area (Å²) >= 11 is 2.01. The summed E-state index contributed by atoms with van der Waals surface area (Å²) in [5.74, 6) is 0. The van der Waals surface area contributed by atoms with E-state index in [0.717, 1.165) is 0 Å². The molecule has 0 amide bonds. The monoisotopic (exact) mass is 593 g/mol. The summed E-state index contributed by atoms with van der Waals surface area (Å²) in [4.78, 5) is 2.65. The third-order valence-electron chi connectivity index (χ3n) is 11.4. The fourth-order valence-electron chi connectivity index (χ4n) is 8.59. The first kappa shape index (κ1) is 28.2. The summed E-state index contributed by atoms with van der Waals surface area (Å²) in [6.45, 7) is 21.8. The van der Waals surface area contributed by atoms with Crippen LogP contribution in [0.25, 0.3) is 10.1 Å². The molecule has 3 heterocycles. The molecule has 3 aliphatic rings. The molecule has 0 unspecified atom stereocenters. The predicted molar refractivity (Wildman–Crippen MR) is 194 cm³/mol. The van der Waals surface area contributed by atoms with Gasteiger partial charge in [-0.3, -0.25) is 0 Å². The van der Waals surface area contributed by atoms with Gasteiger partial charge in [0.15, 0.2) is 0 Å². The molecule has 0 bridgehead atoms. The molecule has 1 aliphatic carbocycles. The molecule has 0 spiro atoms. The maximum atomic E-state index is 2.65. The minimum atomic E-state index is -0.0699. The van der Waals surface area contributed by atoms with Crippen molar-refractivity contribution in [1.29, 1.82) is 0 Å². The highest BCUT2D eigenvalue weighted by molar-refractivity contribution is 7.33. The van der Waals surface area contributed by atoms with Gasteiger partial charge in [-0.25, -0.2) is 0 Å². The molecular formula is C41H44BNS. The second-order valence-corrected chi connectivity index (χ2v) is 17.6. The highest BCUT2D eigenvalue weighted by Crippen LogP contribution is 2.51. The van der Waals surface area contributed by atoms with E-state index in [1.807, 2.05) is 11.3 Å². The molecular weight excluding hydrogens is 549 g/mol. The van der Waals surface area contributed by atoms with Gasteiger partial charge in [-0.15, -0.1) is 11.3 Å². The average molecular weight is 594 g/mol. The van der Waals surface area contributed by atoms with E-state index in [-0.39, 0.29) is 28.4 Å². The Hall–Kier alpha value is -3.30. The molecule has 2 aliphatic heterocycles. The molecule has 5 aromatic rings. The van der Waals surface area contributed by atoms with Gasteiger partial charge >= 0.3 is 0 Å². The van der Waals surface area contributed by atoms with Gasteiger partial charge in [0.25, 0.3) is 6.71 Å². The Morgan fingerprint density at radius 2 is 1.41 bits per heavy atom. The standard InChI is InChI=1S/C41H44BNS/c1-38(2,3)25-17-20-34-27(23-25)36-37(44-34)42-32-15-11-10-13-29(32)41(8,9)30-14-12-16-33(35(30)42)43(36)26-18-19-28-31(24-26)40(6,7)22-21-39(28,4)5/h10-20,23-24H,21-22H2,1-9H3. The van der Waals surface area contributed by atoms with E-state index in [2.05, 4.69) is 146 Å². The van der Waals surface area contributed by atoms with Gasteiger partial charge in [0, 0.05) is 31.7 Å². The summed E-state index contributed by atoms with van der Waals surface area (Å²) in [6, 6.07) is 31.0. The summed E-state index contributed by atoms with van der Waals surface area (Å²) in [5.41, 5.74) is 14.7. The van der Waals surface area contributed by atoms with E-state index in [9.17, 15) is 0 Å². The van der Waals surface area contributed by atoms with E-state index >= 15 is 0 Å². The van der Waals surface area contributed by atoms with Crippen molar-refractivity contribution in [2.24, 2.45) is 0 Å². The van der Waals surface area contributed by atoms with Gasteiger partial charge in [-0.2, -0.15) is 0 Å². The van der Waals surface area contributed by atoms with Crippen LogP contribution in [0, 0.1) is 0 Å². The van der Waals surface area contributed by atoms with Crippen molar-refractivity contribution in [3.05, 3.63) is 107 Å². The highest BCUT2D eigenvalue weighted by Gasteiger charge is 2.47. The largest absolute Gasteiger partial charge is 0.310 e. The fourth-order valence-corrected chi connectivity index (χ4v) is 9.89. The molecule has 3 heteroatoms. The molecule has 0 saturated heterocycles. The third-order valence-corrected chi connectivity index (χ3v) is 12.6. The Labute approximate surface area is 268 Å². The van der Waals surface area contributed by atoms with Crippen LogP contribution in [0.2, 0.25) is 0 Å². The van der Waals surface area contributed by atoms with Crippen molar-refractivity contribution in [3.8, 4) is 0 Å². The number of anilines is 3. The van der Waals surface area contributed by atoms with Crippen molar-refractivity contribution in [3.63, 3.8) is 0 Å². The minimum Gasteiger partial charge on any atom is -0.310 e. The number of nitrogens with zero attached hydrogens (tertiary/aromatic N) is 1. The fraction of sp³-hybridized carbons (Fsp3) is 0.366. The molecule has 0 radical (unpaired) electrons. The zero-order valence-corrected chi connectivity index (χ0v) is 28.7. The van der Waals surface area contributed by atoms with Gasteiger partial charge < -0.3 is 4.90 Å². The van der Waals surface area contributed by atoms with Crippen LogP contribution in [0.1, 0.15) is 103 Å². The lowest BCUT2D eigenvalue weighted by Crippen LogP contribution is -2.63. The number of hydrogen-bond donors (Lipinski definition) is 0. The molecule has 1 nitrogen and oxygen atoms in total. The molecule has 1 aromatic heterocycles. The average Bonchev–Trinajstić information content (AvgIpc) is 3.35. The lowest BCUT2D eigenvalue weighted by atomic mass is 9.32. The second kappa shape index (κ2) is 8.91. The summed E-state index contributed by atoms with van der Waals surface area (Å²) in [6.07, 6.45) is 2.44. The molecule has 0 fully saturated rings. The molecule has 44 heavy (non-hydrogen) atoms. The van der Waals surface area contributed by atoms with Crippen LogP contribution in [0.5, 0.6) is 0 Å². The number of fused-ring (bicyclic) bond motifs is 7. The number of hydrogen-bond acceptors (Lipinski definition) is 2. The Balaban J connectivity index is 1.48. The minimum absolute atomic E-state index is 0.0699. The maximum absolute atomic E-state index is 2.65. The first-order valence-electron chi connectivity index (χ1n) is 16.4. The predicted octanol–water partition coefficient (Wildman–Crippen LogP) is 9.49. The second-order valence-electron chi connectivity index (χ2n) is 16.5. The van der Waals surface area contributed by atoms with Crippen molar-refractivity contribution >= 4 is 60.9 Å². The topological polar surface area (TPSA) is 3.24 Å².